The number of fused-ring (bicyclic) bond motifs is 1. The Hall–Kier alpha value is -1.61. The maximum atomic E-state index is 11.7. The summed E-state index contributed by atoms with van der Waals surface area (Å²) in [5, 5.41) is 0. The van der Waals surface area contributed by atoms with Crippen LogP contribution in [0.1, 0.15) is 10.4 Å². The summed E-state index contributed by atoms with van der Waals surface area (Å²) in [6.07, 6.45) is 0. The number of carbonyl (C=O) groups excluding carboxylic acids is 2. The maximum Gasteiger partial charge on any atom is 0.299 e. The van der Waals surface area contributed by atoms with Crippen molar-refractivity contribution < 1.29 is 9.59 Å². The Balaban J connectivity index is 2.37. The molecule has 0 aromatic heterocycles. The van der Waals surface area contributed by atoms with Crippen LogP contribution in [0.3, 0.4) is 0 Å². The Morgan fingerprint density at radius 1 is 1.31 bits per heavy atom. The van der Waals surface area contributed by atoms with E-state index in [0.717, 1.165) is 0 Å². The number of amides is 1. The van der Waals surface area contributed by atoms with Gasteiger partial charge in [-0.1, -0.05) is 18.7 Å². The minimum Gasteiger partial charge on any atom is -0.301 e. The second-order valence-corrected chi connectivity index (χ2v) is 3.89. The summed E-state index contributed by atoms with van der Waals surface area (Å²) >= 11 is 5.62. The van der Waals surface area contributed by atoms with Gasteiger partial charge in [-0.3, -0.25) is 9.59 Å². The minimum atomic E-state index is -0.507. The van der Waals surface area contributed by atoms with E-state index in [4.69, 9.17) is 11.6 Å². The molecule has 0 spiro atoms. The lowest BCUT2D eigenvalue weighted by Crippen LogP contribution is -2.31. The summed E-state index contributed by atoms with van der Waals surface area (Å²) in [4.78, 5) is 24.7. The molecule has 0 fully saturated rings. The van der Waals surface area contributed by atoms with Crippen molar-refractivity contribution in [3.05, 3.63) is 42.0 Å². The van der Waals surface area contributed by atoms with E-state index in [2.05, 4.69) is 6.58 Å². The van der Waals surface area contributed by atoms with Crippen molar-refractivity contribution in [3.63, 3.8) is 0 Å². The molecule has 0 saturated heterocycles. The van der Waals surface area contributed by atoms with E-state index < -0.39 is 11.7 Å². The molecule has 82 valence electrons. The molecule has 0 aliphatic carbocycles. The highest BCUT2D eigenvalue weighted by Gasteiger charge is 2.35. The van der Waals surface area contributed by atoms with E-state index in [1.807, 2.05) is 0 Å². The number of anilines is 1. The molecule has 3 nitrogen and oxygen atoms in total. The quantitative estimate of drug-likeness (QED) is 0.457. The van der Waals surface area contributed by atoms with Gasteiger partial charge in [0.05, 0.1) is 11.3 Å². The number of nitrogens with zero attached hydrogens (tertiary/aromatic N) is 1. The van der Waals surface area contributed by atoms with Gasteiger partial charge in [0.2, 0.25) is 0 Å². The Morgan fingerprint density at radius 2 is 2.00 bits per heavy atom. The predicted octanol–water partition coefficient (Wildman–Crippen LogP) is 2.01. The molecule has 1 aliphatic rings. The van der Waals surface area contributed by atoms with E-state index in [1.165, 1.54) is 4.90 Å². The normalized spacial score (nSPS) is 14.2. The van der Waals surface area contributed by atoms with Crippen LogP contribution in [-0.2, 0) is 4.79 Å². The Kier molecular flexibility index (Phi) is 2.79. The summed E-state index contributed by atoms with van der Waals surface area (Å²) in [5.41, 5.74) is 1.80. The van der Waals surface area contributed by atoms with Crippen LogP contribution in [0.5, 0.6) is 0 Å². The van der Waals surface area contributed by atoms with Crippen LogP contribution in [0.2, 0.25) is 0 Å². The molecule has 1 amide bonds. The molecule has 0 bridgehead atoms. The van der Waals surface area contributed by atoms with E-state index >= 15 is 0 Å². The lowest BCUT2D eigenvalue weighted by atomic mass is 10.1. The van der Waals surface area contributed by atoms with Gasteiger partial charge in [-0.15, -0.1) is 11.6 Å². The van der Waals surface area contributed by atoms with Crippen LogP contribution >= 0.6 is 11.6 Å². The molecule has 1 aliphatic heterocycles. The number of halogens is 1. The molecular weight excluding hydrogens is 226 g/mol. The van der Waals surface area contributed by atoms with E-state index in [-0.39, 0.29) is 5.88 Å². The lowest BCUT2D eigenvalue weighted by Gasteiger charge is -2.16. The Morgan fingerprint density at radius 3 is 2.69 bits per heavy atom. The van der Waals surface area contributed by atoms with Gasteiger partial charge in [-0.05, 0) is 17.7 Å². The number of alkyl halides is 1. The van der Waals surface area contributed by atoms with E-state index in [0.29, 0.717) is 23.4 Å². The van der Waals surface area contributed by atoms with Crippen molar-refractivity contribution in [1.82, 2.24) is 0 Å². The fourth-order valence-corrected chi connectivity index (χ4v) is 1.76. The van der Waals surface area contributed by atoms with Crippen molar-refractivity contribution in [1.29, 1.82) is 0 Å². The fourth-order valence-electron chi connectivity index (χ4n) is 1.67. The average molecular weight is 236 g/mol. The molecule has 0 radical (unpaired) electrons. The second kappa shape index (κ2) is 4.10. The standard InChI is InChI=1S/C12H10ClNO2/c1-8(6-13)7-14-10-5-3-2-4-9(10)11(15)12(14)16/h2-5H,1,6-7H2. The molecule has 2 rings (SSSR count). The number of para-hydroxylation sites is 1. The summed E-state index contributed by atoms with van der Waals surface area (Å²) < 4.78 is 0. The number of hydrogen-bond donors (Lipinski definition) is 0. The van der Waals surface area contributed by atoms with Crippen LogP contribution in [0, 0.1) is 0 Å². The molecule has 1 heterocycles. The number of benzene rings is 1. The highest BCUT2D eigenvalue weighted by atomic mass is 35.5. The highest BCUT2D eigenvalue weighted by Crippen LogP contribution is 2.28. The first-order chi connectivity index (χ1) is 7.65. The molecule has 1 aromatic carbocycles. The summed E-state index contributed by atoms with van der Waals surface area (Å²) in [6, 6.07) is 6.93. The zero-order chi connectivity index (χ0) is 11.7. The van der Waals surface area contributed by atoms with Gasteiger partial charge in [0.25, 0.3) is 11.7 Å². The first-order valence-electron chi connectivity index (χ1n) is 4.83. The van der Waals surface area contributed by atoms with Crippen LogP contribution in [0.4, 0.5) is 5.69 Å². The molecule has 16 heavy (non-hydrogen) atoms. The van der Waals surface area contributed by atoms with Gasteiger partial charge >= 0.3 is 0 Å². The van der Waals surface area contributed by atoms with Crippen LogP contribution in [-0.4, -0.2) is 24.1 Å². The van der Waals surface area contributed by atoms with Gasteiger partial charge in [0.1, 0.15) is 0 Å². The van der Waals surface area contributed by atoms with Gasteiger partial charge in [0.15, 0.2) is 0 Å². The first kappa shape index (κ1) is 10.9. The van der Waals surface area contributed by atoms with Gasteiger partial charge in [-0.2, -0.15) is 0 Å². The Labute approximate surface area is 98.3 Å². The third-order valence-corrected chi connectivity index (χ3v) is 2.83. The van der Waals surface area contributed by atoms with Gasteiger partial charge in [-0.25, -0.2) is 0 Å². The molecule has 4 heteroatoms. The average Bonchev–Trinajstić information content (AvgIpc) is 2.55. The third-order valence-electron chi connectivity index (χ3n) is 2.45. The van der Waals surface area contributed by atoms with Crippen molar-refractivity contribution in [3.8, 4) is 0 Å². The lowest BCUT2D eigenvalue weighted by molar-refractivity contribution is -0.114. The predicted molar refractivity (Wildman–Crippen MR) is 63.0 cm³/mol. The van der Waals surface area contributed by atoms with Crippen LogP contribution in [0.15, 0.2) is 36.4 Å². The molecule has 0 saturated carbocycles. The monoisotopic (exact) mass is 235 g/mol. The van der Waals surface area contributed by atoms with Gasteiger partial charge < -0.3 is 4.90 Å². The molecule has 0 unspecified atom stereocenters. The third kappa shape index (κ3) is 1.63. The Bertz CT molecular complexity index is 482. The van der Waals surface area contributed by atoms with E-state index in [1.54, 1.807) is 24.3 Å². The topological polar surface area (TPSA) is 37.4 Å². The minimum absolute atomic E-state index is 0.278. The largest absolute Gasteiger partial charge is 0.301 e. The summed E-state index contributed by atoms with van der Waals surface area (Å²) in [5.74, 6) is -0.689. The smallest absolute Gasteiger partial charge is 0.299 e. The second-order valence-electron chi connectivity index (χ2n) is 3.62. The number of Topliss-reactive ketones (excluding diaryl/α,β-unsaturated/α-hetero) is 1. The molecule has 0 atom stereocenters. The molecule has 1 aromatic rings. The summed E-state index contributed by atoms with van der Waals surface area (Å²) in [7, 11) is 0. The van der Waals surface area contributed by atoms with Crippen molar-refractivity contribution in [2.24, 2.45) is 0 Å². The molecule has 0 N–H and O–H groups in total. The first-order valence-corrected chi connectivity index (χ1v) is 5.36. The van der Waals surface area contributed by atoms with Crippen LogP contribution in [0.25, 0.3) is 0 Å². The van der Waals surface area contributed by atoms with Crippen molar-refractivity contribution in [2.75, 3.05) is 17.3 Å². The fraction of sp³-hybridized carbons (Fsp3) is 0.167. The number of ketones is 1. The van der Waals surface area contributed by atoms with Crippen LogP contribution < -0.4 is 4.90 Å². The summed E-state index contributed by atoms with van der Waals surface area (Å²) in [6.45, 7) is 4.03. The van der Waals surface area contributed by atoms with Gasteiger partial charge in [0, 0.05) is 12.4 Å². The zero-order valence-electron chi connectivity index (χ0n) is 8.57. The maximum absolute atomic E-state index is 11.7. The number of hydrogen-bond acceptors (Lipinski definition) is 2. The number of rotatable bonds is 3. The highest BCUT2D eigenvalue weighted by molar-refractivity contribution is 6.52. The SMILES string of the molecule is C=C(CCl)CN1C(=O)C(=O)c2ccccc21. The molecular formula is C12H10ClNO2. The van der Waals surface area contributed by atoms with E-state index in [9.17, 15) is 9.59 Å². The van der Waals surface area contributed by atoms with Crippen molar-refractivity contribution in [2.45, 2.75) is 0 Å². The zero-order valence-corrected chi connectivity index (χ0v) is 9.33. The number of carbonyl (C=O) groups is 2. The van der Waals surface area contributed by atoms with Crippen molar-refractivity contribution >= 4 is 29.0 Å².